The van der Waals surface area contributed by atoms with Crippen LogP contribution < -0.4 is 5.32 Å². The van der Waals surface area contributed by atoms with Gasteiger partial charge in [0.2, 0.25) is 0 Å². The van der Waals surface area contributed by atoms with Crippen LogP contribution in [0.5, 0.6) is 0 Å². The first-order valence-corrected chi connectivity index (χ1v) is 13.5. The van der Waals surface area contributed by atoms with Gasteiger partial charge in [-0.05, 0) is 55.0 Å². The number of thiazole rings is 1. The van der Waals surface area contributed by atoms with E-state index in [0.717, 1.165) is 11.3 Å². The standard InChI is InChI=1S/C28H29Cl2FN2O4S/c1-16(26(35)36)11-20-21(29)12-18(13-22(20)30)25(34)33-27-32-23(14-38-27)19-9-5-7-17(24(19)31)8-6-10-37-15-28(2,3)4/h5,7,9,11-14H,6,8,10,15H2,1-4H3,(H,35,36)(H,32,33,34). The zero-order valence-electron chi connectivity index (χ0n) is 21.5. The number of amides is 1. The minimum Gasteiger partial charge on any atom is -0.478 e. The van der Waals surface area contributed by atoms with Crippen molar-refractivity contribution in [1.82, 2.24) is 4.98 Å². The summed E-state index contributed by atoms with van der Waals surface area (Å²) in [4.78, 5) is 28.3. The van der Waals surface area contributed by atoms with Crippen LogP contribution in [0.2, 0.25) is 10.0 Å². The van der Waals surface area contributed by atoms with Gasteiger partial charge in [-0.15, -0.1) is 11.3 Å². The highest BCUT2D eigenvalue weighted by Crippen LogP contribution is 2.31. The van der Waals surface area contributed by atoms with E-state index >= 15 is 4.39 Å². The highest BCUT2D eigenvalue weighted by atomic mass is 35.5. The highest BCUT2D eigenvalue weighted by molar-refractivity contribution is 7.14. The van der Waals surface area contributed by atoms with E-state index in [9.17, 15) is 9.59 Å². The Labute approximate surface area is 235 Å². The molecular weight excluding hydrogens is 550 g/mol. The second-order valence-corrected chi connectivity index (χ2v) is 11.6. The van der Waals surface area contributed by atoms with Crippen molar-refractivity contribution >= 4 is 57.6 Å². The lowest BCUT2D eigenvalue weighted by Crippen LogP contribution is -2.15. The number of hydrogen-bond donors (Lipinski definition) is 2. The first-order valence-electron chi connectivity index (χ1n) is 11.9. The molecule has 2 N–H and O–H groups in total. The Hall–Kier alpha value is -2.78. The Morgan fingerprint density at radius 2 is 1.89 bits per heavy atom. The topological polar surface area (TPSA) is 88.5 Å². The fourth-order valence-corrected chi connectivity index (χ4v) is 4.77. The predicted octanol–water partition coefficient (Wildman–Crippen LogP) is 7.99. The highest BCUT2D eigenvalue weighted by Gasteiger charge is 2.17. The predicted molar refractivity (Wildman–Crippen MR) is 152 cm³/mol. The van der Waals surface area contributed by atoms with E-state index in [0.29, 0.717) is 48.4 Å². The largest absolute Gasteiger partial charge is 0.478 e. The number of carbonyl (C=O) groups is 2. The molecule has 0 saturated carbocycles. The average molecular weight is 580 g/mol. The van der Waals surface area contributed by atoms with Crippen molar-refractivity contribution in [1.29, 1.82) is 0 Å². The lowest BCUT2D eigenvalue weighted by molar-refractivity contribution is -0.132. The zero-order chi connectivity index (χ0) is 28.0. The SMILES string of the molecule is CC(=Cc1c(Cl)cc(C(=O)Nc2nc(-c3cccc(CCCOCC(C)(C)C)c3F)cs2)cc1Cl)C(=O)O. The molecule has 0 radical (unpaired) electrons. The summed E-state index contributed by atoms with van der Waals surface area (Å²) in [5.41, 5.74) is 1.95. The van der Waals surface area contributed by atoms with Crippen molar-refractivity contribution in [2.45, 2.75) is 40.5 Å². The molecule has 1 amide bonds. The number of nitrogens with zero attached hydrogens (tertiary/aromatic N) is 1. The number of rotatable bonds is 10. The zero-order valence-corrected chi connectivity index (χ0v) is 23.9. The molecule has 0 atom stereocenters. The van der Waals surface area contributed by atoms with E-state index < -0.39 is 11.9 Å². The van der Waals surface area contributed by atoms with Crippen molar-refractivity contribution in [3.05, 3.63) is 73.8 Å². The molecule has 0 aliphatic carbocycles. The maximum absolute atomic E-state index is 15.2. The second-order valence-electron chi connectivity index (χ2n) is 9.97. The van der Waals surface area contributed by atoms with Gasteiger partial charge in [0.05, 0.1) is 22.3 Å². The van der Waals surface area contributed by atoms with Gasteiger partial charge in [0.15, 0.2) is 5.13 Å². The molecule has 2 aromatic carbocycles. The van der Waals surface area contributed by atoms with Gasteiger partial charge < -0.3 is 9.84 Å². The van der Waals surface area contributed by atoms with Gasteiger partial charge in [-0.2, -0.15) is 0 Å². The van der Waals surface area contributed by atoms with Crippen LogP contribution in [0.25, 0.3) is 17.3 Å². The number of anilines is 1. The molecule has 1 aromatic heterocycles. The minimum absolute atomic E-state index is 0.0477. The van der Waals surface area contributed by atoms with Gasteiger partial charge in [0.25, 0.3) is 5.91 Å². The summed E-state index contributed by atoms with van der Waals surface area (Å²) in [5.74, 6) is -1.96. The summed E-state index contributed by atoms with van der Waals surface area (Å²) in [5, 5.41) is 14.0. The van der Waals surface area contributed by atoms with E-state index in [4.69, 9.17) is 33.0 Å². The van der Waals surface area contributed by atoms with Gasteiger partial charge in [-0.25, -0.2) is 14.2 Å². The van der Waals surface area contributed by atoms with E-state index in [1.165, 1.54) is 25.1 Å². The van der Waals surface area contributed by atoms with Crippen LogP contribution >= 0.6 is 34.5 Å². The number of ether oxygens (including phenoxy) is 1. The fraction of sp³-hybridized carbons (Fsp3) is 0.321. The van der Waals surface area contributed by atoms with Gasteiger partial charge >= 0.3 is 5.97 Å². The molecule has 0 spiro atoms. The van der Waals surface area contributed by atoms with Crippen molar-refractivity contribution in [3.8, 4) is 11.3 Å². The van der Waals surface area contributed by atoms with Crippen molar-refractivity contribution in [2.24, 2.45) is 5.41 Å². The third kappa shape index (κ3) is 8.11. The smallest absolute Gasteiger partial charge is 0.331 e. The average Bonchev–Trinajstić information content (AvgIpc) is 3.29. The molecule has 10 heteroatoms. The van der Waals surface area contributed by atoms with Gasteiger partial charge in [0.1, 0.15) is 5.82 Å². The number of aryl methyl sites for hydroxylation is 1. The number of carboxylic acid groups (broad SMARTS) is 1. The third-order valence-corrected chi connectivity index (χ3v) is 6.77. The lowest BCUT2D eigenvalue weighted by Gasteiger charge is -2.17. The molecule has 0 bridgehead atoms. The third-order valence-electron chi connectivity index (χ3n) is 5.39. The Morgan fingerprint density at radius 3 is 2.53 bits per heavy atom. The number of halogens is 3. The van der Waals surface area contributed by atoms with E-state index in [2.05, 4.69) is 31.1 Å². The number of aromatic nitrogens is 1. The van der Waals surface area contributed by atoms with Crippen molar-refractivity contribution in [2.75, 3.05) is 18.5 Å². The first kappa shape index (κ1) is 29.8. The number of hydrogen-bond acceptors (Lipinski definition) is 5. The second kappa shape index (κ2) is 12.8. The molecule has 6 nitrogen and oxygen atoms in total. The van der Waals surface area contributed by atoms with Crippen LogP contribution in [0.15, 0.2) is 41.3 Å². The molecule has 3 rings (SSSR count). The molecule has 0 saturated heterocycles. The summed E-state index contributed by atoms with van der Waals surface area (Å²) in [7, 11) is 0. The Bertz CT molecular complexity index is 1340. The van der Waals surface area contributed by atoms with Gasteiger partial charge in [-0.1, -0.05) is 56.1 Å². The van der Waals surface area contributed by atoms with E-state index in [1.807, 2.05) is 0 Å². The Balaban J connectivity index is 1.69. The lowest BCUT2D eigenvalue weighted by atomic mass is 9.99. The molecule has 1 heterocycles. The van der Waals surface area contributed by atoms with Crippen molar-refractivity contribution in [3.63, 3.8) is 0 Å². The monoisotopic (exact) mass is 578 g/mol. The first-order chi connectivity index (χ1) is 17.9. The molecule has 0 aliphatic rings. The number of nitrogens with one attached hydrogen (secondary N) is 1. The summed E-state index contributed by atoms with van der Waals surface area (Å²) in [6.07, 6.45) is 2.57. The number of carboxylic acids is 1. The summed E-state index contributed by atoms with van der Waals surface area (Å²) < 4.78 is 20.9. The van der Waals surface area contributed by atoms with E-state index in [1.54, 1.807) is 23.6 Å². The van der Waals surface area contributed by atoms with Crippen molar-refractivity contribution < 1.29 is 23.8 Å². The number of carbonyl (C=O) groups excluding carboxylic acids is 1. The molecule has 3 aromatic rings. The molecule has 0 aliphatic heterocycles. The fourth-order valence-electron chi connectivity index (χ4n) is 3.47. The quantitative estimate of drug-likeness (QED) is 0.188. The molecule has 0 fully saturated rings. The number of benzene rings is 2. The van der Waals surface area contributed by atoms with Crippen LogP contribution in [0.4, 0.5) is 9.52 Å². The summed E-state index contributed by atoms with van der Waals surface area (Å²) in [6.45, 7) is 8.92. The van der Waals surface area contributed by atoms with E-state index in [-0.39, 0.29) is 37.5 Å². The summed E-state index contributed by atoms with van der Waals surface area (Å²) >= 11 is 13.7. The molecule has 0 unspecified atom stereocenters. The number of aliphatic carboxylic acids is 1. The van der Waals surface area contributed by atoms with Gasteiger partial charge in [0, 0.05) is 34.3 Å². The molecular formula is C28H29Cl2FN2O4S. The minimum atomic E-state index is -1.11. The van der Waals surface area contributed by atoms with Gasteiger partial charge in [-0.3, -0.25) is 10.1 Å². The maximum Gasteiger partial charge on any atom is 0.331 e. The van der Waals surface area contributed by atoms with Crippen LogP contribution in [0, 0.1) is 11.2 Å². The maximum atomic E-state index is 15.2. The van der Waals surface area contributed by atoms with Crippen LogP contribution in [-0.2, 0) is 16.0 Å². The van der Waals surface area contributed by atoms with Crippen LogP contribution in [-0.4, -0.2) is 35.2 Å². The Morgan fingerprint density at radius 1 is 1.21 bits per heavy atom. The van der Waals surface area contributed by atoms with Crippen LogP contribution in [0.3, 0.4) is 0 Å². The Kier molecular flexibility index (Phi) is 10.1. The molecule has 38 heavy (non-hydrogen) atoms. The summed E-state index contributed by atoms with van der Waals surface area (Å²) in [6, 6.07) is 7.98. The normalized spacial score (nSPS) is 12.0. The molecule has 202 valence electrons. The van der Waals surface area contributed by atoms with Crippen LogP contribution in [0.1, 0.15) is 55.6 Å².